The van der Waals surface area contributed by atoms with Crippen LogP contribution < -0.4 is 14.8 Å². The molecular formula is C14H20N2O2. The van der Waals surface area contributed by atoms with Gasteiger partial charge in [-0.05, 0) is 19.0 Å². The zero-order valence-electron chi connectivity index (χ0n) is 11.0. The Labute approximate surface area is 109 Å². The number of ether oxygens (including phenoxy) is 2. The first-order chi connectivity index (χ1) is 8.81. The van der Waals surface area contributed by atoms with Gasteiger partial charge in [-0.3, -0.25) is 0 Å². The summed E-state index contributed by atoms with van der Waals surface area (Å²) in [6, 6.07) is 7.92. The lowest BCUT2D eigenvalue weighted by Crippen LogP contribution is -2.13. The zero-order valence-corrected chi connectivity index (χ0v) is 11.0. The van der Waals surface area contributed by atoms with Gasteiger partial charge in [-0.15, -0.1) is 0 Å². The number of nitrogens with zero attached hydrogens (tertiary/aromatic N) is 1. The summed E-state index contributed by atoms with van der Waals surface area (Å²) in [5, 5.41) is 11.8. The number of benzene rings is 1. The second kappa shape index (κ2) is 8.37. The topological polar surface area (TPSA) is 54.3 Å². The molecule has 0 fully saturated rings. The third-order valence-electron chi connectivity index (χ3n) is 2.53. The smallest absolute Gasteiger partial charge is 0.127 e. The molecule has 0 spiro atoms. The van der Waals surface area contributed by atoms with Crippen LogP contribution >= 0.6 is 0 Å². The number of unbranched alkanes of at least 4 members (excludes halogenated alkanes) is 1. The summed E-state index contributed by atoms with van der Waals surface area (Å²) in [6.07, 6.45) is 1.26. The van der Waals surface area contributed by atoms with E-state index in [0.29, 0.717) is 13.0 Å². The number of methoxy groups -OCH3 is 1. The fraction of sp³-hybridized carbons (Fsp3) is 0.500. The van der Waals surface area contributed by atoms with Crippen molar-refractivity contribution in [1.82, 2.24) is 5.32 Å². The largest absolute Gasteiger partial charge is 0.497 e. The lowest BCUT2D eigenvalue weighted by atomic mass is 10.2. The standard InChI is InChI=1S/C14H20N2O2/c1-3-16-11-12-6-7-13(17-2)10-14(12)18-9-5-4-8-15/h6-7,10,16H,3-5,9,11H2,1-2H3. The van der Waals surface area contributed by atoms with E-state index in [9.17, 15) is 0 Å². The molecule has 4 nitrogen and oxygen atoms in total. The molecule has 0 bridgehead atoms. The van der Waals surface area contributed by atoms with E-state index in [2.05, 4.69) is 18.3 Å². The first-order valence-electron chi connectivity index (χ1n) is 6.19. The molecule has 0 radical (unpaired) electrons. The van der Waals surface area contributed by atoms with Gasteiger partial charge < -0.3 is 14.8 Å². The van der Waals surface area contributed by atoms with Crippen molar-refractivity contribution in [3.8, 4) is 17.6 Å². The molecule has 0 unspecified atom stereocenters. The van der Waals surface area contributed by atoms with Gasteiger partial charge in [-0.2, -0.15) is 5.26 Å². The second-order valence-electron chi connectivity index (χ2n) is 3.86. The lowest BCUT2D eigenvalue weighted by molar-refractivity contribution is 0.306. The maximum absolute atomic E-state index is 8.48. The predicted octanol–water partition coefficient (Wildman–Crippen LogP) is 2.49. The summed E-state index contributed by atoms with van der Waals surface area (Å²) in [5.41, 5.74) is 1.11. The van der Waals surface area contributed by atoms with Gasteiger partial charge in [-0.25, -0.2) is 0 Å². The molecule has 0 aliphatic heterocycles. The fourth-order valence-corrected chi connectivity index (χ4v) is 1.54. The van der Waals surface area contributed by atoms with E-state index in [1.807, 2.05) is 18.2 Å². The van der Waals surface area contributed by atoms with Crippen LogP contribution in [0.3, 0.4) is 0 Å². The molecule has 98 valence electrons. The van der Waals surface area contributed by atoms with Gasteiger partial charge >= 0.3 is 0 Å². The molecule has 0 heterocycles. The quantitative estimate of drug-likeness (QED) is 0.718. The molecule has 0 amide bonds. The molecule has 0 aliphatic carbocycles. The third kappa shape index (κ3) is 4.64. The van der Waals surface area contributed by atoms with Crippen LogP contribution in [0, 0.1) is 11.3 Å². The Balaban J connectivity index is 2.67. The molecule has 0 saturated heterocycles. The van der Waals surface area contributed by atoms with E-state index in [-0.39, 0.29) is 0 Å². The highest BCUT2D eigenvalue weighted by atomic mass is 16.5. The highest BCUT2D eigenvalue weighted by Crippen LogP contribution is 2.25. The predicted molar refractivity (Wildman–Crippen MR) is 70.7 cm³/mol. The summed E-state index contributed by atoms with van der Waals surface area (Å²) in [7, 11) is 1.64. The Bertz CT molecular complexity index is 399. The summed E-state index contributed by atoms with van der Waals surface area (Å²) in [4.78, 5) is 0. The van der Waals surface area contributed by atoms with Crippen molar-refractivity contribution >= 4 is 0 Å². The van der Waals surface area contributed by atoms with Gasteiger partial charge in [-0.1, -0.05) is 13.0 Å². The van der Waals surface area contributed by atoms with Crippen molar-refractivity contribution in [2.45, 2.75) is 26.3 Å². The highest BCUT2D eigenvalue weighted by molar-refractivity contribution is 5.40. The minimum absolute atomic E-state index is 0.520. The number of hydrogen-bond acceptors (Lipinski definition) is 4. The van der Waals surface area contributed by atoms with Crippen molar-refractivity contribution in [2.24, 2.45) is 0 Å². The van der Waals surface area contributed by atoms with Crippen molar-refractivity contribution in [3.05, 3.63) is 23.8 Å². The molecule has 1 N–H and O–H groups in total. The monoisotopic (exact) mass is 248 g/mol. The molecule has 1 rings (SSSR count). The van der Waals surface area contributed by atoms with Crippen LogP contribution in [-0.2, 0) is 6.54 Å². The SMILES string of the molecule is CCNCc1ccc(OC)cc1OCCCC#N. The van der Waals surface area contributed by atoms with E-state index in [1.165, 1.54) is 0 Å². The highest BCUT2D eigenvalue weighted by Gasteiger charge is 2.05. The third-order valence-corrected chi connectivity index (χ3v) is 2.53. The minimum Gasteiger partial charge on any atom is -0.497 e. The normalized spacial score (nSPS) is 9.83. The minimum atomic E-state index is 0.520. The van der Waals surface area contributed by atoms with Crippen molar-refractivity contribution in [3.63, 3.8) is 0 Å². The summed E-state index contributed by atoms with van der Waals surface area (Å²) in [6.45, 7) is 4.31. The molecule has 4 heteroatoms. The van der Waals surface area contributed by atoms with E-state index < -0.39 is 0 Å². The van der Waals surface area contributed by atoms with Crippen LogP contribution in [0.25, 0.3) is 0 Å². The maximum Gasteiger partial charge on any atom is 0.127 e. The summed E-state index contributed by atoms with van der Waals surface area (Å²) < 4.78 is 10.9. The van der Waals surface area contributed by atoms with Crippen LogP contribution in [0.15, 0.2) is 18.2 Å². The number of hydrogen-bond donors (Lipinski definition) is 1. The average molecular weight is 248 g/mol. The van der Waals surface area contributed by atoms with Gasteiger partial charge in [0, 0.05) is 24.6 Å². The molecule has 0 aromatic heterocycles. The van der Waals surface area contributed by atoms with Gasteiger partial charge in [0.25, 0.3) is 0 Å². The van der Waals surface area contributed by atoms with Crippen LogP contribution in [0.4, 0.5) is 0 Å². The summed E-state index contributed by atoms with van der Waals surface area (Å²) in [5.74, 6) is 1.61. The van der Waals surface area contributed by atoms with Crippen LogP contribution in [-0.4, -0.2) is 20.3 Å². The summed E-state index contributed by atoms with van der Waals surface area (Å²) >= 11 is 0. The fourth-order valence-electron chi connectivity index (χ4n) is 1.54. The molecule has 1 aromatic rings. The molecule has 18 heavy (non-hydrogen) atoms. The molecule has 0 atom stereocenters. The molecular weight excluding hydrogens is 228 g/mol. The first kappa shape index (κ1) is 14.3. The number of nitriles is 1. The van der Waals surface area contributed by atoms with Crippen molar-refractivity contribution in [2.75, 3.05) is 20.3 Å². The Kier molecular flexibility index (Phi) is 6.67. The zero-order chi connectivity index (χ0) is 13.2. The second-order valence-corrected chi connectivity index (χ2v) is 3.86. The van der Waals surface area contributed by atoms with E-state index in [0.717, 1.165) is 36.6 Å². The van der Waals surface area contributed by atoms with E-state index in [4.69, 9.17) is 14.7 Å². The Hall–Kier alpha value is -1.73. The Morgan fingerprint density at radius 3 is 2.89 bits per heavy atom. The molecule has 1 aromatic carbocycles. The Morgan fingerprint density at radius 2 is 2.22 bits per heavy atom. The van der Waals surface area contributed by atoms with Gasteiger partial charge in [0.05, 0.1) is 19.8 Å². The number of rotatable bonds is 8. The van der Waals surface area contributed by atoms with Gasteiger partial charge in [0.2, 0.25) is 0 Å². The first-order valence-corrected chi connectivity index (χ1v) is 6.19. The Morgan fingerprint density at radius 1 is 1.39 bits per heavy atom. The lowest BCUT2D eigenvalue weighted by Gasteiger charge is -2.13. The van der Waals surface area contributed by atoms with Crippen molar-refractivity contribution in [1.29, 1.82) is 5.26 Å². The van der Waals surface area contributed by atoms with Crippen molar-refractivity contribution < 1.29 is 9.47 Å². The van der Waals surface area contributed by atoms with E-state index in [1.54, 1.807) is 7.11 Å². The van der Waals surface area contributed by atoms with Crippen LogP contribution in [0.1, 0.15) is 25.3 Å². The van der Waals surface area contributed by atoms with Gasteiger partial charge in [0.15, 0.2) is 0 Å². The molecule has 0 aliphatic rings. The maximum atomic E-state index is 8.48. The van der Waals surface area contributed by atoms with Gasteiger partial charge in [0.1, 0.15) is 11.5 Å². The van der Waals surface area contributed by atoms with E-state index >= 15 is 0 Å². The van der Waals surface area contributed by atoms with Crippen LogP contribution in [0.2, 0.25) is 0 Å². The average Bonchev–Trinajstić information content (AvgIpc) is 2.42. The molecule has 0 saturated carbocycles. The van der Waals surface area contributed by atoms with Crippen LogP contribution in [0.5, 0.6) is 11.5 Å². The number of nitrogens with one attached hydrogen (secondary N) is 1.